The molecule has 0 heterocycles. The van der Waals surface area contributed by atoms with Gasteiger partial charge in [0.15, 0.2) is 6.61 Å². The van der Waals surface area contributed by atoms with Crippen molar-refractivity contribution in [3.63, 3.8) is 0 Å². The standard InChI is InChI=1S/C18H24N2O2/c19-13-12-15-8-10-17(11-9-15)22-14-18(21)20-16-6-4-2-1-3-5-7-16/h8-11,16H,1-7,12,14H2,(H,20,21). The number of nitriles is 1. The minimum atomic E-state index is -0.0494. The Morgan fingerprint density at radius 1 is 1.14 bits per heavy atom. The summed E-state index contributed by atoms with van der Waals surface area (Å²) >= 11 is 0. The highest BCUT2D eigenvalue weighted by Crippen LogP contribution is 2.17. The molecule has 22 heavy (non-hydrogen) atoms. The number of nitrogens with zero attached hydrogens (tertiary/aromatic N) is 1. The summed E-state index contributed by atoms with van der Waals surface area (Å²) in [5, 5.41) is 11.7. The van der Waals surface area contributed by atoms with E-state index in [9.17, 15) is 4.79 Å². The lowest BCUT2D eigenvalue weighted by Crippen LogP contribution is -2.38. The number of nitrogens with one attached hydrogen (secondary N) is 1. The maximum absolute atomic E-state index is 12.0. The van der Waals surface area contributed by atoms with Crippen molar-refractivity contribution in [2.75, 3.05) is 6.61 Å². The molecule has 1 aliphatic carbocycles. The predicted molar refractivity (Wildman–Crippen MR) is 85.5 cm³/mol. The van der Waals surface area contributed by atoms with Crippen LogP contribution in [-0.4, -0.2) is 18.6 Å². The Bertz CT molecular complexity index is 497. The first-order valence-corrected chi connectivity index (χ1v) is 8.16. The van der Waals surface area contributed by atoms with Crippen LogP contribution in [0, 0.1) is 11.3 Å². The summed E-state index contributed by atoms with van der Waals surface area (Å²) < 4.78 is 5.50. The molecule has 1 aromatic carbocycles. The third kappa shape index (κ3) is 5.77. The minimum absolute atomic E-state index is 0.0494. The van der Waals surface area contributed by atoms with E-state index in [1.54, 1.807) is 12.1 Å². The van der Waals surface area contributed by atoms with Crippen molar-refractivity contribution in [3.8, 4) is 11.8 Å². The third-order valence-electron chi connectivity index (χ3n) is 4.05. The van der Waals surface area contributed by atoms with Crippen LogP contribution in [0.25, 0.3) is 0 Å². The van der Waals surface area contributed by atoms with Gasteiger partial charge in [0.1, 0.15) is 5.75 Å². The van der Waals surface area contributed by atoms with E-state index in [1.807, 2.05) is 12.1 Å². The fourth-order valence-corrected chi connectivity index (χ4v) is 2.81. The SMILES string of the molecule is N#CCc1ccc(OCC(=O)NC2CCCCCCC2)cc1. The zero-order valence-electron chi connectivity index (χ0n) is 13.0. The molecule has 4 nitrogen and oxygen atoms in total. The van der Waals surface area contributed by atoms with Crippen molar-refractivity contribution in [1.82, 2.24) is 5.32 Å². The van der Waals surface area contributed by atoms with Crippen LogP contribution >= 0.6 is 0 Å². The van der Waals surface area contributed by atoms with Gasteiger partial charge in [0.2, 0.25) is 0 Å². The smallest absolute Gasteiger partial charge is 0.258 e. The van der Waals surface area contributed by atoms with E-state index in [1.165, 1.54) is 32.1 Å². The second kappa shape index (κ2) is 9.09. The maximum atomic E-state index is 12.0. The molecule has 0 saturated heterocycles. The van der Waals surface area contributed by atoms with Crippen molar-refractivity contribution in [2.45, 2.75) is 57.4 Å². The Morgan fingerprint density at radius 3 is 2.41 bits per heavy atom. The molecule has 1 aliphatic rings. The van der Waals surface area contributed by atoms with E-state index in [0.29, 0.717) is 18.2 Å². The van der Waals surface area contributed by atoms with Crippen molar-refractivity contribution in [1.29, 1.82) is 5.26 Å². The normalized spacial score (nSPS) is 16.1. The Labute approximate surface area is 132 Å². The molecule has 2 rings (SSSR count). The average Bonchev–Trinajstić information content (AvgIpc) is 2.49. The summed E-state index contributed by atoms with van der Waals surface area (Å²) in [6.07, 6.45) is 8.82. The summed E-state index contributed by atoms with van der Waals surface area (Å²) in [7, 11) is 0. The Balaban J connectivity index is 1.73. The van der Waals surface area contributed by atoms with Gasteiger partial charge in [-0.05, 0) is 30.5 Å². The van der Waals surface area contributed by atoms with Gasteiger partial charge in [-0.3, -0.25) is 4.79 Å². The van der Waals surface area contributed by atoms with Crippen LogP contribution in [0.15, 0.2) is 24.3 Å². The lowest BCUT2D eigenvalue weighted by Gasteiger charge is -2.21. The third-order valence-corrected chi connectivity index (χ3v) is 4.05. The minimum Gasteiger partial charge on any atom is -0.484 e. The Morgan fingerprint density at radius 2 is 1.77 bits per heavy atom. The molecule has 1 fully saturated rings. The molecule has 1 amide bonds. The largest absolute Gasteiger partial charge is 0.484 e. The molecule has 4 heteroatoms. The van der Waals surface area contributed by atoms with Crippen LogP contribution in [0.3, 0.4) is 0 Å². The number of carbonyl (C=O) groups excluding carboxylic acids is 1. The second-order valence-electron chi connectivity index (χ2n) is 5.88. The number of ether oxygens (including phenoxy) is 1. The Hall–Kier alpha value is -2.02. The van der Waals surface area contributed by atoms with Gasteiger partial charge in [-0.15, -0.1) is 0 Å². The van der Waals surface area contributed by atoms with E-state index in [4.69, 9.17) is 10.00 Å². The van der Waals surface area contributed by atoms with E-state index in [2.05, 4.69) is 11.4 Å². The average molecular weight is 300 g/mol. The topological polar surface area (TPSA) is 62.1 Å². The molecule has 0 bridgehead atoms. The molecule has 1 saturated carbocycles. The number of hydrogen-bond donors (Lipinski definition) is 1. The first kappa shape index (κ1) is 16.4. The number of amides is 1. The van der Waals surface area contributed by atoms with Gasteiger partial charge in [0.05, 0.1) is 12.5 Å². The fourth-order valence-electron chi connectivity index (χ4n) is 2.81. The molecule has 1 aromatic rings. The van der Waals surface area contributed by atoms with Gasteiger partial charge in [0.25, 0.3) is 5.91 Å². The lowest BCUT2D eigenvalue weighted by atomic mass is 9.97. The predicted octanol–water partition coefficient (Wildman–Crippen LogP) is 3.36. The number of rotatable bonds is 5. The summed E-state index contributed by atoms with van der Waals surface area (Å²) in [4.78, 5) is 12.0. The number of hydrogen-bond acceptors (Lipinski definition) is 3. The van der Waals surface area contributed by atoms with Gasteiger partial charge in [-0.1, -0.05) is 44.2 Å². The number of carbonyl (C=O) groups is 1. The van der Waals surface area contributed by atoms with Crippen LogP contribution < -0.4 is 10.1 Å². The Kier molecular flexibility index (Phi) is 6.76. The molecular formula is C18H24N2O2. The lowest BCUT2D eigenvalue weighted by molar-refractivity contribution is -0.123. The summed E-state index contributed by atoms with van der Waals surface area (Å²) in [5.74, 6) is 0.612. The maximum Gasteiger partial charge on any atom is 0.258 e. The van der Waals surface area contributed by atoms with E-state index < -0.39 is 0 Å². The van der Waals surface area contributed by atoms with E-state index in [-0.39, 0.29) is 12.5 Å². The number of benzene rings is 1. The zero-order chi connectivity index (χ0) is 15.6. The molecule has 0 atom stereocenters. The van der Waals surface area contributed by atoms with Gasteiger partial charge in [-0.2, -0.15) is 5.26 Å². The second-order valence-corrected chi connectivity index (χ2v) is 5.88. The highest BCUT2D eigenvalue weighted by Gasteiger charge is 2.14. The van der Waals surface area contributed by atoms with Crippen molar-refractivity contribution in [2.24, 2.45) is 0 Å². The molecule has 118 valence electrons. The van der Waals surface area contributed by atoms with Crippen LogP contribution in [0.4, 0.5) is 0 Å². The van der Waals surface area contributed by atoms with Crippen LogP contribution in [0.1, 0.15) is 50.5 Å². The van der Waals surface area contributed by atoms with Gasteiger partial charge >= 0.3 is 0 Å². The molecule has 0 spiro atoms. The van der Waals surface area contributed by atoms with E-state index >= 15 is 0 Å². The summed E-state index contributed by atoms with van der Waals surface area (Å²) in [6, 6.07) is 9.71. The molecule has 0 aromatic heterocycles. The molecule has 0 unspecified atom stereocenters. The van der Waals surface area contributed by atoms with Crippen molar-refractivity contribution in [3.05, 3.63) is 29.8 Å². The monoisotopic (exact) mass is 300 g/mol. The van der Waals surface area contributed by atoms with Crippen LogP contribution in [-0.2, 0) is 11.2 Å². The van der Waals surface area contributed by atoms with Crippen molar-refractivity contribution >= 4 is 5.91 Å². The van der Waals surface area contributed by atoms with Gasteiger partial charge < -0.3 is 10.1 Å². The highest BCUT2D eigenvalue weighted by atomic mass is 16.5. The van der Waals surface area contributed by atoms with Crippen molar-refractivity contribution < 1.29 is 9.53 Å². The fraction of sp³-hybridized carbons (Fsp3) is 0.556. The molecule has 0 aliphatic heterocycles. The highest BCUT2D eigenvalue weighted by molar-refractivity contribution is 5.77. The van der Waals surface area contributed by atoms with Gasteiger partial charge in [-0.25, -0.2) is 0 Å². The quantitative estimate of drug-likeness (QED) is 0.907. The summed E-state index contributed by atoms with van der Waals surface area (Å²) in [6.45, 7) is 0.0497. The van der Waals surface area contributed by atoms with Crippen LogP contribution in [0.5, 0.6) is 5.75 Å². The molecule has 1 N–H and O–H groups in total. The zero-order valence-corrected chi connectivity index (χ0v) is 13.0. The van der Waals surface area contributed by atoms with Gasteiger partial charge in [0, 0.05) is 6.04 Å². The van der Waals surface area contributed by atoms with E-state index in [0.717, 1.165) is 18.4 Å². The first-order valence-electron chi connectivity index (χ1n) is 8.16. The summed E-state index contributed by atoms with van der Waals surface area (Å²) in [5.41, 5.74) is 0.953. The van der Waals surface area contributed by atoms with Crippen LogP contribution in [0.2, 0.25) is 0 Å². The molecule has 0 radical (unpaired) electrons. The first-order chi connectivity index (χ1) is 10.8. The molecular weight excluding hydrogens is 276 g/mol.